The Morgan fingerprint density at radius 3 is 3.00 bits per heavy atom. The molecule has 0 aliphatic heterocycles. The largest absolute Gasteiger partial charge is 0.359 e. The van der Waals surface area contributed by atoms with Crippen molar-refractivity contribution >= 4 is 17.6 Å². The first-order valence-electron chi connectivity index (χ1n) is 5.70. The molecule has 0 atom stereocenters. The van der Waals surface area contributed by atoms with Gasteiger partial charge >= 0.3 is 0 Å². The Kier molecular flexibility index (Phi) is 4.35. The summed E-state index contributed by atoms with van der Waals surface area (Å²) in [6, 6.07) is 7.30. The van der Waals surface area contributed by atoms with Crippen molar-refractivity contribution in [3.05, 3.63) is 35.2 Å². The van der Waals surface area contributed by atoms with E-state index in [2.05, 4.69) is 25.8 Å². The van der Waals surface area contributed by atoms with Gasteiger partial charge in [-0.05, 0) is 12.1 Å². The minimum atomic E-state index is 0.404. The molecule has 19 heavy (non-hydrogen) atoms. The number of guanidine groups is 1. The average molecular weight is 280 g/mol. The molecule has 0 aliphatic carbocycles. The fourth-order valence-corrected chi connectivity index (χ4v) is 1.70. The van der Waals surface area contributed by atoms with Gasteiger partial charge in [0.15, 0.2) is 5.96 Å². The molecule has 0 spiro atoms. The molecular weight excluding hydrogens is 266 g/mol. The average Bonchev–Trinajstić information content (AvgIpc) is 2.89. The van der Waals surface area contributed by atoms with Gasteiger partial charge in [0.05, 0.1) is 6.54 Å². The lowest BCUT2D eigenvalue weighted by molar-refractivity contribution is 0.375. The van der Waals surface area contributed by atoms with Crippen molar-refractivity contribution in [2.75, 3.05) is 14.1 Å². The second-order valence-electron chi connectivity index (χ2n) is 3.70. The molecular formula is C12H14ClN5O. The molecule has 1 aromatic carbocycles. The van der Waals surface area contributed by atoms with Crippen molar-refractivity contribution in [2.24, 2.45) is 4.99 Å². The second kappa shape index (κ2) is 6.19. The Morgan fingerprint density at radius 1 is 1.47 bits per heavy atom. The quantitative estimate of drug-likeness (QED) is 0.660. The highest BCUT2D eigenvalue weighted by Crippen LogP contribution is 2.19. The highest BCUT2D eigenvalue weighted by Gasteiger charge is 2.09. The van der Waals surface area contributed by atoms with Gasteiger partial charge < -0.3 is 15.2 Å². The van der Waals surface area contributed by atoms with Gasteiger partial charge in [-0.1, -0.05) is 28.9 Å². The first kappa shape index (κ1) is 13.4. The van der Waals surface area contributed by atoms with Crippen LogP contribution in [0.3, 0.4) is 0 Å². The van der Waals surface area contributed by atoms with E-state index < -0.39 is 0 Å². The predicted molar refractivity (Wildman–Crippen MR) is 74.0 cm³/mol. The molecule has 0 bridgehead atoms. The summed E-state index contributed by atoms with van der Waals surface area (Å²) in [5.41, 5.74) is 0.820. The number of halogens is 1. The lowest BCUT2D eigenvalue weighted by Gasteiger charge is -2.04. The number of aromatic nitrogens is 2. The van der Waals surface area contributed by atoms with E-state index in [1.807, 2.05) is 12.1 Å². The summed E-state index contributed by atoms with van der Waals surface area (Å²) >= 11 is 5.92. The molecule has 0 saturated heterocycles. The Morgan fingerprint density at radius 2 is 2.32 bits per heavy atom. The van der Waals surface area contributed by atoms with Crippen molar-refractivity contribution in [2.45, 2.75) is 6.54 Å². The standard InChI is InChI=1S/C12H14ClN5O/c1-14-12(15-2)16-7-10-17-11(18-19-10)8-4-3-5-9(13)6-8/h3-6H,7H2,1-2H3,(H2,14,15,16). The van der Waals surface area contributed by atoms with Crippen LogP contribution in [0.1, 0.15) is 5.89 Å². The third kappa shape index (κ3) is 3.45. The number of nitrogens with zero attached hydrogens (tertiary/aromatic N) is 3. The van der Waals surface area contributed by atoms with Crippen LogP contribution >= 0.6 is 11.6 Å². The zero-order valence-electron chi connectivity index (χ0n) is 10.6. The van der Waals surface area contributed by atoms with Crippen molar-refractivity contribution in [1.29, 1.82) is 0 Å². The van der Waals surface area contributed by atoms with Crippen LogP contribution in [-0.2, 0) is 6.54 Å². The Balaban J connectivity index is 2.07. The summed E-state index contributed by atoms with van der Waals surface area (Å²) in [6.45, 7) is 0.404. The van der Waals surface area contributed by atoms with Crippen LogP contribution in [-0.4, -0.2) is 30.2 Å². The van der Waals surface area contributed by atoms with Crippen LogP contribution < -0.4 is 10.6 Å². The minimum absolute atomic E-state index is 0.404. The van der Waals surface area contributed by atoms with Crippen LogP contribution in [0.2, 0.25) is 5.02 Å². The molecule has 0 radical (unpaired) electrons. The zero-order chi connectivity index (χ0) is 13.7. The molecule has 1 aromatic heterocycles. The number of aliphatic imine (C=N–C) groups is 1. The summed E-state index contributed by atoms with van der Waals surface area (Å²) in [6.07, 6.45) is 0. The van der Waals surface area contributed by atoms with Crippen molar-refractivity contribution < 1.29 is 4.52 Å². The summed E-state index contributed by atoms with van der Waals surface area (Å²) in [4.78, 5) is 8.27. The monoisotopic (exact) mass is 279 g/mol. The molecule has 2 aromatic rings. The second-order valence-corrected chi connectivity index (χ2v) is 4.13. The van der Waals surface area contributed by atoms with E-state index in [0.29, 0.717) is 29.2 Å². The summed E-state index contributed by atoms with van der Waals surface area (Å²) < 4.78 is 5.15. The van der Waals surface area contributed by atoms with Gasteiger partial charge in [-0.25, -0.2) is 0 Å². The Hall–Kier alpha value is -2.08. The third-order valence-electron chi connectivity index (χ3n) is 2.42. The van der Waals surface area contributed by atoms with Gasteiger partial charge in [-0.3, -0.25) is 4.99 Å². The SMILES string of the molecule is CN=C(NC)NCc1nc(-c2cccc(Cl)c2)no1. The number of hydrogen-bond donors (Lipinski definition) is 2. The van der Waals surface area contributed by atoms with Gasteiger partial charge in [-0.2, -0.15) is 4.98 Å². The molecule has 7 heteroatoms. The fourth-order valence-electron chi connectivity index (χ4n) is 1.51. The van der Waals surface area contributed by atoms with Crippen molar-refractivity contribution in [3.8, 4) is 11.4 Å². The first-order chi connectivity index (χ1) is 9.22. The highest BCUT2D eigenvalue weighted by atomic mass is 35.5. The molecule has 0 unspecified atom stereocenters. The Labute approximate surface area is 115 Å². The minimum Gasteiger partial charge on any atom is -0.359 e. The molecule has 1 heterocycles. The third-order valence-corrected chi connectivity index (χ3v) is 2.65. The van der Waals surface area contributed by atoms with E-state index in [0.717, 1.165) is 5.56 Å². The van der Waals surface area contributed by atoms with Crippen LogP contribution in [0.15, 0.2) is 33.8 Å². The van der Waals surface area contributed by atoms with Gasteiger partial charge in [0.2, 0.25) is 11.7 Å². The molecule has 0 saturated carbocycles. The van der Waals surface area contributed by atoms with E-state index in [1.165, 1.54) is 0 Å². The highest BCUT2D eigenvalue weighted by molar-refractivity contribution is 6.30. The van der Waals surface area contributed by atoms with Gasteiger partial charge in [-0.15, -0.1) is 0 Å². The van der Waals surface area contributed by atoms with Crippen LogP contribution in [0.25, 0.3) is 11.4 Å². The predicted octanol–water partition coefficient (Wildman–Crippen LogP) is 1.68. The first-order valence-corrected chi connectivity index (χ1v) is 6.07. The van der Waals surface area contributed by atoms with Crippen LogP contribution in [0.4, 0.5) is 0 Å². The van der Waals surface area contributed by atoms with Gasteiger partial charge in [0.1, 0.15) is 0 Å². The fraction of sp³-hybridized carbons (Fsp3) is 0.250. The summed E-state index contributed by atoms with van der Waals surface area (Å²) in [5.74, 6) is 1.65. The van der Waals surface area contributed by atoms with Gasteiger partial charge in [0.25, 0.3) is 0 Å². The van der Waals surface area contributed by atoms with Crippen molar-refractivity contribution in [1.82, 2.24) is 20.8 Å². The molecule has 6 nitrogen and oxygen atoms in total. The topological polar surface area (TPSA) is 75.3 Å². The van der Waals surface area contributed by atoms with Gasteiger partial charge in [0, 0.05) is 24.7 Å². The Bertz CT molecular complexity index is 581. The lowest BCUT2D eigenvalue weighted by Crippen LogP contribution is -2.34. The summed E-state index contributed by atoms with van der Waals surface area (Å²) in [7, 11) is 3.46. The van der Waals surface area contributed by atoms with Crippen molar-refractivity contribution in [3.63, 3.8) is 0 Å². The summed E-state index contributed by atoms with van der Waals surface area (Å²) in [5, 5.41) is 10.5. The number of hydrogen-bond acceptors (Lipinski definition) is 4. The van der Waals surface area contributed by atoms with Crippen LogP contribution in [0.5, 0.6) is 0 Å². The lowest BCUT2D eigenvalue weighted by atomic mass is 10.2. The molecule has 0 aliphatic rings. The molecule has 2 rings (SSSR count). The number of rotatable bonds is 3. The molecule has 0 amide bonds. The van der Waals surface area contributed by atoms with E-state index >= 15 is 0 Å². The molecule has 2 N–H and O–H groups in total. The number of benzene rings is 1. The maximum atomic E-state index is 5.92. The number of nitrogens with one attached hydrogen (secondary N) is 2. The zero-order valence-corrected chi connectivity index (χ0v) is 11.4. The maximum absolute atomic E-state index is 5.92. The normalized spacial score (nSPS) is 11.4. The molecule has 100 valence electrons. The van der Waals surface area contributed by atoms with E-state index in [9.17, 15) is 0 Å². The van der Waals surface area contributed by atoms with E-state index in [4.69, 9.17) is 16.1 Å². The van der Waals surface area contributed by atoms with Crippen LogP contribution in [0, 0.1) is 0 Å². The molecule has 0 fully saturated rings. The van der Waals surface area contributed by atoms with E-state index in [-0.39, 0.29) is 0 Å². The maximum Gasteiger partial charge on any atom is 0.246 e. The van der Waals surface area contributed by atoms with E-state index in [1.54, 1.807) is 26.2 Å². The smallest absolute Gasteiger partial charge is 0.246 e.